The number of sulfone groups is 1. The van der Waals surface area contributed by atoms with E-state index in [4.69, 9.17) is 4.74 Å². The highest BCUT2D eigenvalue weighted by Gasteiger charge is 2.61. The Morgan fingerprint density at radius 3 is 2.50 bits per heavy atom. The van der Waals surface area contributed by atoms with Crippen LogP contribution in [0.1, 0.15) is 51.4 Å². The fourth-order valence-electron chi connectivity index (χ4n) is 4.91. The van der Waals surface area contributed by atoms with E-state index in [0.717, 1.165) is 32.4 Å². The molecule has 0 aromatic heterocycles. The second-order valence-electron chi connectivity index (χ2n) is 7.53. The lowest BCUT2D eigenvalue weighted by atomic mass is 9.56. The Labute approximate surface area is 132 Å². The first-order chi connectivity index (χ1) is 10.5. The third-order valence-electron chi connectivity index (χ3n) is 6.25. The minimum atomic E-state index is -3.25. The lowest BCUT2D eigenvalue weighted by molar-refractivity contribution is -0.187. The maximum absolute atomic E-state index is 12.9. The first-order valence-corrected chi connectivity index (χ1v) is 10.4. The summed E-state index contributed by atoms with van der Waals surface area (Å²) in [6.07, 6.45) is 7.80. The van der Waals surface area contributed by atoms with Crippen molar-refractivity contribution in [3.8, 4) is 0 Å². The van der Waals surface area contributed by atoms with Crippen molar-refractivity contribution in [1.82, 2.24) is 4.90 Å². The van der Waals surface area contributed by atoms with Gasteiger partial charge >= 0.3 is 0 Å². The van der Waals surface area contributed by atoms with E-state index in [1.54, 1.807) is 0 Å². The van der Waals surface area contributed by atoms with Crippen molar-refractivity contribution in [2.75, 3.05) is 18.9 Å². The van der Waals surface area contributed by atoms with Crippen molar-refractivity contribution >= 4 is 15.7 Å². The van der Waals surface area contributed by atoms with Crippen LogP contribution in [0.4, 0.5) is 0 Å². The van der Waals surface area contributed by atoms with Gasteiger partial charge in [-0.1, -0.05) is 12.8 Å². The van der Waals surface area contributed by atoms with Gasteiger partial charge in [-0.3, -0.25) is 4.79 Å². The number of carbonyl (C=O) groups excluding carboxylic acids is 1. The molecular weight excluding hydrogens is 302 g/mol. The van der Waals surface area contributed by atoms with Crippen molar-refractivity contribution in [2.45, 2.75) is 68.8 Å². The van der Waals surface area contributed by atoms with Crippen molar-refractivity contribution in [3.05, 3.63) is 0 Å². The maximum atomic E-state index is 12.9. The molecule has 0 bridgehead atoms. The molecule has 5 nitrogen and oxygen atoms in total. The summed E-state index contributed by atoms with van der Waals surface area (Å²) in [7, 11) is -3.25. The summed E-state index contributed by atoms with van der Waals surface area (Å²) < 4.78 is 30.4. The molecule has 6 heteroatoms. The normalized spacial score (nSPS) is 39.3. The van der Waals surface area contributed by atoms with Crippen LogP contribution < -0.4 is 0 Å². The number of amides is 1. The quantitative estimate of drug-likeness (QED) is 0.771. The molecule has 3 aliphatic heterocycles. The van der Waals surface area contributed by atoms with Crippen LogP contribution in [0.15, 0.2) is 0 Å². The van der Waals surface area contributed by atoms with Gasteiger partial charge in [-0.15, -0.1) is 0 Å². The minimum Gasteiger partial charge on any atom is -0.376 e. The fraction of sp³-hybridized carbons (Fsp3) is 0.938. The van der Waals surface area contributed by atoms with E-state index in [0.29, 0.717) is 12.8 Å². The van der Waals surface area contributed by atoms with Crippen LogP contribution in [0.3, 0.4) is 0 Å². The first kappa shape index (κ1) is 14.9. The Morgan fingerprint density at radius 2 is 1.91 bits per heavy atom. The zero-order chi connectivity index (χ0) is 15.4. The SMILES string of the molecule is O=C(C1CCCCS1(=O)=O)N1CC2(CCC2)C1C1CCCO1. The van der Waals surface area contributed by atoms with E-state index in [1.165, 1.54) is 19.3 Å². The second-order valence-corrected chi connectivity index (χ2v) is 9.83. The summed E-state index contributed by atoms with van der Waals surface area (Å²) in [4.78, 5) is 14.7. The highest BCUT2D eigenvalue weighted by Crippen LogP contribution is 2.56. The molecule has 0 radical (unpaired) electrons. The third kappa shape index (κ3) is 2.13. The average molecular weight is 327 g/mol. The summed E-state index contributed by atoms with van der Waals surface area (Å²) in [5.74, 6) is 0.0326. The topological polar surface area (TPSA) is 63.7 Å². The molecule has 4 fully saturated rings. The predicted octanol–water partition coefficient (Wildman–Crippen LogP) is 1.51. The molecule has 3 saturated heterocycles. The molecule has 3 heterocycles. The summed E-state index contributed by atoms with van der Waals surface area (Å²) in [6, 6.07) is 0.133. The molecule has 1 spiro atoms. The molecule has 0 aromatic rings. The van der Waals surface area contributed by atoms with Gasteiger partial charge in [0.15, 0.2) is 9.84 Å². The Balaban J connectivity index is 1.55. The summed E-state index contributed by atoms with van der Waals surface area (Å²) in [5.41, 5.74) is 0.239. The maximum Gasteiger partial charge on any atom is 0.241 e. The third-order valence-corrected chi connectivity index (χ3v) is 8.41. The Kier molecular flexibility index (Phi) is 3.53. The Morgan fingerprint density at radius 1 is 1.09 bits per heavy atom. The molecule has 124 valence electrons. The van der Waals surface area contributed by atoms with E-state index >= 15 is 0 Å². The van der Waals surface area contributed by atoms with Crippen molar-refractivity contribution < 1.29 is 17.9 Å². The van der Waals surface area contributed by atoms with Gasteiger partial charge in [-0.05, 0) is 38.5 Å². The van der Waals surface area contributed by atoms with Crippen LogP contribution in [0, 0.1) is 5.41 Å². The molecule has 1 amide bonds. The molecule has 3 atom stereocenters. The first-order valence-electron chi connectivity index (χ1n) is 8.67. The summed E-state index contributed by atoms with van der Waals surface area (Å²) in [6.45, 7) is 1.53. The van der Waals surface area contributed by atoms with Gasteiger partial charge in [-0.2, -0.15) is 0 Å². The predicted molar refractivity (Wildman–Crippen MR) is 82.2 cm³/mol. The zero-order valence-electron chi connectivity index (χ0n) is 13.0. The molecule has 0 N–H and O–H groups in total. The zero-order valence-corrected chi connectivity index (χ0v) is 13.8. The highest BCUT2D eigenvalue weighted by atomic mass is 32.2. The summed E-state index contributed by atoms with van der Waals surface area (Å²) >= 11 is 0. The number of nitrogens with zero attached hydrogens (tertiary/aromatic N) is 1. The Bertz CT molecular complexity index is 563. The van der Waals surface area contributed by atoms with Crippen molar-refractivity contribution in [2.24, 2.45) is 5.41 Å². The molecule has 4 aliphatic rings. The Hall–Kier alpha value is -0.620. The number of rotatable bonds is 2. The van der Waals surface area contributed by atoms with E-state index in [9.17, 15) is 13.2 Å². The van der Waals surface area contributed by atoms with Crippen molar-refractivity contribution in [1.29, 1.82) is 0 Å². The van der Waals surface area contributed by atoms with Gasteiger partial charge in [0.2, 0.25) is 5.91 Å². The summed E-state index contributed by atoms with van der Waals surface area (Å²) in [5, 5.41) is -0.789. The molecule has 1 saturated carbocycles. The highest BCUT2D eigenvalue weighted by molar-refractivity contribution is 7.92. The minimum absolute atomic E-state index is 0.129. The number of hydrogen-bond acceptors (Lipinski definition) is 4. The van der Waals surface area contributed by atoms with E-state index in [2.05, 4.69) is 0 Å². The molecular formula is C16H25NO4S. The number of likely N-dealkylation sites (tertiary alicyclic amines) is 1. The molecule has 3 unspecified atom stereocenters. The van der Waals surface area contributed by atoms with Crippen molar-refractivity contribution in [3.63, 3.8) is 0 Å². The van der Waals surface area contributed by atoms with Crippen LogP contribution in [0.2, 0.25) is 0 Å². The average Bonchev–Trinajstić information content (AvgIpc) is 2.88. The smallest absolute Gasteiger partial charge is 0.241 e. The van der Waals surface area contributed by atoms with E-state index in [1.807, 2.05) is 4.90 Å². The molecule has 0 aromatic carbocycles. The molecule has 22 heavy (non-hydrogen) atoms. The lowest BCUT2D eigenvalue weighted by Crippen LogP contribution is -2.74. The van der Waals surface area contributed by atoms with Gasteiger partial charge in [0.05, 0.1) is 17.9 Å². The van der Waals surface area contributed by atoms with Crippen LogP contribution in [-0.2, 0) is 19.4 Å². The molecule has 4 rings (SSSR count). The van der Waals surface area contributed by atoms with Gasteiger partial charge in [0.1, 0.15) is 5.25 Å². The van der Waals surface area contributed by atoms with Crippen LogP contribution in [0.5, 0.6) is 0 Å². The number of hydrogen-bond donors (Lipinski definition) is 0. The van der Waals surface area contributed by atoms with Gasteiger partial charge in [0, 0.05) is 18.6 Å². The number of carbonyl (C=O) groups is 1. The largest absolute Gasteiger partial charge is 0.376 e. The second kappa shape index (κ2) is 5.20. The molecule has 1 aliphatic carbocycles. The van der Waals surface area contributed by atoms with Gasteiger partial charge in [0.25, 0.3) is 0 Å². The van der Waals surface area contributed by atoms with E-state index in [-0.39, 0.29) is 29.2 Å². The van der Waals surface area contributed by atoms with Gasteiger partial charge < -0.3 is 9.64 Å². The van der Waals surface area contributed by atoms with Gasteiger partial charge in [-0.25, -0.2) is 8.42 Å². The lowest BCUT2D eigenvalue weighted by Gasteiger charge is -2.64. The van der Waals surface area contributed by atoms with E-state index < -0.39 is 15.1 Å². The van der Waals surface area contributed by atoms with Crippen LogP contribution in [-0.4, -0.2) is 55.5 Å². The monoisotopic (exact) mass is 327 g/mol. The van der Waals surface area contributed by atoms with Crippen LogP contribution in [0.25, 0.3) is 0 Å². The fourth-order valence-corrected chi connectivity index (χ4v) is 6.77. The van der Waals surface area contributed by atoms with Crippen LogP contribution >= 0.6 is 0 Å². The standard InChI is InChI=1S/C16H25NO4S/c18-15(13-6-1-2-10-22(13,19)20)17-11-16(7-4-8-16)14(17)12-5-3-9-21-12/h12-14H,1-11H2. The number of ether oxygens (including phenoxy) is 1.